The maximum absolute atomic E-state index is 12.5. The van der Waals surface area contributed by atoms with Crippen LogP contribution in [0, 0.1) is 5.92 Å². The number of rotatable bonds is 3. The normalized spacial score (nSPS) is 20.6. The van der Waals surface area contributed by atoms with Crippen LogP contribution in [0.1, 0.15) is 6.42 Å². The van der Waals surface area contributed by atoms with Crippen LogP contribution in [-0.4, -0.2) is 74.3 Å². The summed E-state index contributed by atoms with van der Waals surface area (Å²) in [5, 5.41) is 1.05. The van der Waals surface area contributed by atoms with Crippen molar-refractivity contribution < 1.29 is 9.53 Å². The Kier molecular flexibility index (Phi) is 4.63. The Morgan fingerprint density at radius 1 is 1.19 bits per heavy atom. The molecule has 3 heterocycles. The van der Waals surface area contributed by atoms with E-state index in [9.17, 15) is 4.79 Å². The fourth-order valence-corrected chi connectivity index (χ4v) is 3.76. The fourth-order valence-electron chi connectivity index (χ4n) is 3.76. The van der Waals surface area contributed by atoms with Gasteiger partial charge in [0.2, 0.25) is 5.91 Å². The van der Waals surface area contributed by atoms with Gasteiger partial charge in [0.1, 0.15) is 12.1 Å². The summed E-state index contributed by atoms with van der Waals surface area (Å²) in [7, 11) is 3.98. The van der Waals surface area contributed by atoms with Crippen molar-refractivity contribution in [3.05, 3.63) is 24.5 Å². The van der Waals surface area contributed by atoms with Gasteiger partial charge in [-0.3, -0.25) is 4.79 Å². The first kappa shape index (κ1) is 17.0. The number of nitrogens with zero attached hydrogens (tertiary/aromatic N) is 5. The summed E-state index contributed by atoms with van der Waals surface area (Å²) < 4.78 is 5.36. The first-order valence-corrected chi connectivity index (χ1v) is 9.17. The van der Waals surface area contributed by atoms with Gasteiger partial charge in [-0.2, -0.15) is 0 Å². The van der Waals surface area contributed by atoms with E-state index < -0.39 is 0 Å². The van der Waals surface area contributed by atoms with Crippen LogP contribution in [0.2, 0.25) is 0 Å². The summed E-state index contributed by atoms with van der Waals surface area (Å²) >= 11 is 0. The Morgan fingerprint density at radius 2 is 2.00 bits per heavy atom. The van der Waals surface area contributed by atoms with Gasteiger partial charge in [-0.1, -0.05) is 0 Å². The highest BCUT2D eigenvalue weighted by atomic mass is 16.5. The highest BCUT2D eigenvalue weighted by Crippen LogP contribution is 2.27. The summed E-state index contributed by atoms with van der Waals surface area (Å²) in [5.41, 5.74) is 2.11. The van der Waals surface area contributed by atoms with Crippen molar-refractivity contribution in [2.75, 3.05) is 63.3 Å². The number of hydrogen-bond acceptors (Lipinski definition) is 6. The Bertz CT molecular complexity index is 796. The number of ether oxygens (including phenoxy) is 1. The van der Waals surface area contributed by atoms with Crippen molar-refractivity contribution in [2.24, 2.45) is 5.92 Å². The fraction of sp³-hybridized carbons (Fsp3) is 0.526. The molecule has 7 heteroatoms. The molecule has 4 rings (SSSR count). The number of carbonyl (C=O) groups excluding carboxylic acids is 1. The predicted octanol–water partition coefficient (Wildman–Crippen LogP) is 1.38. The van der Waals surface area contributed by atoms with E-state index in [4.69, 9.17) is 4.74 Å². The van der Waals surface area contributed by atoms with Gasteiger partial charge in [0.15, 0.2) is 0 Å². The molecule has 7 nitrogen and oxygen atoms in total. The van der Waals surface area contributed by atoms with Crippen LogP contribution in [0.15, 0.2) is 24.5 Å². The maximum Gasteiger partial charge on any atom is 0.228 e. The standard InChI is InChI=1S/C19H25N5O2/c1-22(2)18-16-11-15(3-4-17(16)20-13-21-18)23-6-8-24(9-7-23)19(25)14-5-10-26-12-14/h3-4,11,13-14H,5-10,12H2,1-2H3. The highest BCUT2D eigenvalue weighted by molar-refractivity contribution is 5.91. The molecule has 2 aliphatic rings. The molecule has 0 N–H and O–H groups in total. The smallest absolute Gasteiger partial charge is 0.228 e. The van der Waals surface area contributed by atoms with E-state index in [-0.39, 0.29) is 11.8 Å². The lowest BCUT2D eigenvalue weighted by Crippen LogP contribution is -2.50. The Balaban J connectivity index is 1.49. The first-order chi connectivity index (χ1) is 12.6. The van der Waals surface area contributed by atoms with Gasteiger partial charge in [0.25, 0.3) is 0 Å². The molecule has 1 aromatic carbocycles. The van der Waals surface area contributed by atoms with Crippen LogP contribution >= 0.6 is 0 Å². The summed E-state index contributed by atoms with van der Waals surface area (Å²) in [4.78, 5) is 27.6. The molecule has 2 aromatic rings. The molecule has 0 aliphatic carbocycles. The molecular formula is C19H25N5O2. The molecule has 2 saturated heterocycles. The number of carbonyl (C=O) groups is 1. The molecule has 1 atom stereocenters. The second-order valence-electron chi connectivity index (χ2n) is 7.17. The van der Waals surface area contributed by atoms with Crippen LogP contribution in [0.3, 0.4) is 0 Å². The summed E-state index contributed by atoms with van der Waals surface area (Å²) in [6.45, 7) is 4.50. The van der Waals surface area contributed by atoms with E-state index in [0.717, 1.165) is 55.0 Å². The number of fused-ring (bicyclic) bond motifs is 1. The molecule has 1 unspecified atom stereocenters. The molecule has 138 valence electrons. The Labute approximate surface area is 153 Å². The van der Waals surface area contributed by atoms with Crippen molar-refractivity contribution in [3.63, 3.8) is 0 Å². The second-order valence-corrected chi connectivity index (χ2v) is 7.17. The predicted molar refractivity (Wildman–Crippen MR) is 102 cm³/mol. The lowest BCUT2D eigenvalue weighted by atomic mass is 10.1. The van der Waals surface area contributed by atoms with Crippen LogP contribution in [0.5, 0.6) is 0 Å². The zero-order valence-electron chi connectivity index (χ0n) is 15.4. The number of hydrogen-bond donors (Lipinski definition) is 0. The minimum Gasteiger partial charge on any atom is -0.381 e. The van der Waals surface area contributed by atoms with Gasteiger partial charge >= 0.3 is 0 Å². The molecule has 0 radical (unpaired) electrons. The van der Waals surface area contributed by atoms with E-state index in [2.05, 4.69) is 27.0 Å². The molecule has 0 spiro atoms. The molecular weight excluding hydrogens is 330 g/mol. The van der Waals surface area contributed by atoms with Gasteiger partial charge in [0.05, 0.1) is 18.0 Å². The minimum atomic E-state index is 0.0574. The zero-order chi connectivity index (χ0) is 18.1. The largest absolute Gasteiger partial charge is 0.381 e. The van der Waals surface area contributed by atoms with Gasteiger partial charge < -0.3 is 19.4 Å². The summed E-state index contributed by atoms with van der Waals surface area (Å²) in [6.07, 6.45) is 2.46. The quantitative estimate of drug-likeness (QED) is 0.829. The van der Waals surface area contributed by atoms with Crippen LogP contribution in [0.4, 0.5) is 11.5 Å². The number of piperazine rings is 1. The van der Waals surface area contributed by atoms with Gasteiger partial charge in [-0.05, 0) is 24.6 Å². The number of amides is 1. The summed E-state index contributed by atoms with van der Waals surface area (Å²) in [5.74, 6) is 1.23. The van der Waals surface area contributed by atoms with Crippen molar-refractivity contribution in [1.29, 1.82) is 0 Å². The lowest BCUT2D eigenvalue weighted by Gasteiger charge is -2.37. The van der Waals surface area contributed by atoms with E-state index >= 15 is 0 Å². The molecule has 1 aromatic heterocycles. The van der Waals surface area contributed by atoms with E-state index in [1.165, 1.54) is 0 Å². The molecule has 26 heavy (non-hydrogen) atoms. The third-order valence-electron chi connectivity index (χ3n) is 5.26. The van der Waals surface area contributed by atoms with Crippen LogP contribution < -0.4 is 9.80 Å². The molecule has 1 amide bonds. The minimum absolute atomic E-state index is 0.0574. The van der Waals surface area contributed by atoms with E-state index in [1.807, 2.05) is 30.0 Å². The van der Waals surface area contributed by atoms with E-state index in [1.54, 1.807) is 6.33 Å². The number of aromatic nitrogens is 2. The van der Waals surface area contributed by atoms with Gasteiger partial charge in [0, 0.05) is 58.0 Å². The Hall–Kier alpha value is -2.41. The van der Waals surface area contributed by atoms with E-state index in [0.29, 0.717) is 13.2 Å². The van der Waals surface area contributed by atoms with Crippen molar-refractivity contribution >= 4 is 28.3 Å². The topological polar surface area (TPSA) is 61.8 Å². The average Bonchev–Trinajstić information content (AvgIpc) is 3.21. The first-order valence-electron chi connectivity index (χ1n) is 9.17. The zero-order valence-corrected chi connectivity index (χ0v) is 15.4. The molecule has 0 saturated carbocycles. The third-order valence-corrected chi connectivity index (χ3v) is 5.26. The van der Waals surface area contributed by atoms with Gasteiger partial charge in [-0.15, -0.1) is 0 Å². The van der Waals surface area contributed by atoms with Crippen LogP contribution in [-0.2, 0) is 9.53 Å². The van der Waals surface area contributed by atoms with Crippen LogP contribution in [0.25, 0.3) is 10.9 Å². The molecule has 2 aliphatic heterocycles. The van der Waals surface area contributed by atoms with Crippen molar-refractivity contribution in [1.82, 2.24) is 14.9 Å². The Morgan fingerprint density at radius 3 is 2.69 bits per heavy atom. The lowest BCUT2D eigenvalue weighted by molar-refractivity contribution is -0.135. The third kappa shape index (κ3) is 3.19. The highest BCUT2D eigenvalue weighted by Gasteiger charge is 2.30. The maximum atomic E-state index is 12.5. The summed E-state index contributed by atoms with van der Waals surface area (Å²) in [6, 6.07) is 6.32. The number of benzene rings is 1. The van der Waals surface area contributed by atoms with Gasteiger partial charge in [-0.25, -0.2) is 9.97 Å². The number of anilines is 2. The SMILES string of the molecule is CN(C)c1ncnc2ccc(N3CCN(C(=O)C4CCOC4)CC3)cc12. The van der Waals surface area contributed by atoms with Crippen molar-refractivity contribution in [3.8, 4) is 0 Å². The molecule has 0 bridgehead atoms. The second kappa shape index (κ2) is 7.07. The monoisotopic (exact) mass is 355 g/mol. The average molecular weight is 355 g/mol. The van der Waals surface area contributed by atoms with Crippen molar-refractivity contribution in [2.45, 2.75) is 6.42 Å². The molecule has 2 fully saturated rings.